The summed E-state index contributed by atoms with van der Waals surface area (Å²) in [5.41, 5.74) is 10.6. The molecule has 1 aliphatic rings. The third kappa shape index (κ3) is 5.97. The number of anilines is 1. The highest BCUT2D eigenvalue weighted by Gasteiger charge is 2.35. The molecule has 0 saturated carbocycles. The highest BCUT2D eigenvalue weighted by Crippen LogP contribution is 2.37. The van der Waals surface area contributed by atoms with Gasteiger partial charge >= 0.3 is 6.18 Å². The van der Waals surface area contributed by atoms with Crippen LogP contribution >= 0.6 is 23.2 Å². The molecule has 2 amide bonds. The van der Waals surface area contributed by atoms with E-state index >= 15 is 0 Å². The molecule has 1 aromatic carbocycles. The van der Waals surface area contributed by atoms with E-state index in [-0.39, 0.29) is 63.1 Å². The van der Waals surface area contributed by atoms with E-state index < -0.39 is 17.7 Å². The van der Waals surface area contributed by atoms with Gasteiger partial charge < -0.3 is 26.3 Å². The maximum Gasteiger partial charge on any atom is 0.416 e. The van der Waals surface area contributed by atoms with Crippen molar-refractivity contribution in [3.8, 4) is 0 Å². The van der Waals surface area contributed by atoms with Gasteiger partial charge in [-0.2, -0.15) is 13.2 Å². The smallest absolute Gasteiger partial charge is 0.398 e. The fraction of sp³-hybridized carbons (Fsp3) is 0.333. The molecule has 5 N–H and O–H groups in total. The van der Waals surface area contributed by atoms with Gasteiger partial charge in [0.1, 0.15) is 17.4 Å². The standard InChI is InChI=1S/C24H26Cl2F3N7O2/c1-5-19(37)35-9-13(10-35)33-23(38)20-21(26)34-18(36(20)11(2)3)8-32-22(31)15-6-14(12(4)24(27,28)29)16(25)7-17(15)30/h5-7,11,13H,1,4,8-10,30H2,2-3H3,(H2,31,32)(H,33,38). The van der Waals surface area contributed by atoms with E-state index in [1.54, 1.807) is 4.57 Å². The molecule has 0 bridgehead atoms. The summed E-state index contributed by atoms with van der Waals surface area (Å²) in [6.45, 7) is 10.6. The van der Waals surface area contributed by atoms with Gasteiger partial charge in [-0.25, -0.2) is 4.98 Å². The summed E-state index contributed by atoms with van der Waals surface area (Å²) in [5.74, 6) is -0.582. The van der Waals surface area contributed by atoms with Crippen LogP contribution in [-0.2, 0) is 11.3 Å². The molecule has 2 aromatic rings. The van der Waals surface area contributed by atoms with E-state index in [4.69, 9.17) is 34.7 Å². The first-order chi connectivity index (χ1) is 17.6. The minimum Gasteiger partial charge on any atom is -0.398 e. The summed E-state index contributed by atoms with van der Waals surface area (Å²) in [7, 11) is 0. The van der Waals surface area contributed by atoms with Crippen molar-refractivity contribution in [3.05, 3.63) is 64.2 Å². The molecule has 3 rings (SSSR count). The van der Waals surface area contributed by atoms with Crippen molar-refractivity contribution in [1.29, 1.82) is 0 Å². The van der Waals surface area contributed by atoms with Crippen LogP contribution in [0.15, 0.2) is 36.4 Å². The lowest BCUT2D eigenvalue weighted by molar-refractivity contribution is -0.130. The van der Waals surface area contributed by atoms with Crippen LogP contribution in [0.1, 0.15) is 47.3 Å². The number of aromatic nitrogens is 2. The number of benzene rings is 1. The summed E-state index contributed by atoms with van der Waals surface area (Å²) >= 11 is 12.3. The monoisotopic (exact) mass is 571 g/mol. The summed E-state index contributed by atoms with van der Waals surface area (Å²) in [4.78, 5) is 34.6. The number of nitrogens with two attached hydrogens (primary N) is 2. The number of hydrogen-bond donors (Lipinski definition) is 3. The third-order valence-electron chi connectivity index (χ3n) is 5.85. The summed E-state index contributed by atoms with van der Waals surface area (Å²) in [6.07, 6.45) is -3.51. The number of rotatable bonds is 8. The van der Waals surface area contributed by atoms with E-state index in [1.165, 1.54) is 11.0 Å². The fourth-order valence-electron chi connectivity index (χ4n) is 3.89. The zero-order valence-corrected chi connectivity index (χ0v) is 22.1. The average molecular weight is 572 g/mol. The van der Waals surface area contributed by atoms with Crippen molar-refractivity contribution in [2.75, 3.05) is 18.8 Å². The molecule has 0 radical (unpaired) electrons. The maximum absolute atomic E-state index is 13.2. The van der Waals surface area contributed by atoms with Crippen molar-refractivity contribution in [2.24, 2.45) is 10.7 Å². The van der Waals surface area contributed by atoms with Crippen molar-refractivity contribution in [3.63, 3.8) is 0 Å². The van der Waals surface area contributed by atoms with Crippen molar-refractivity contribution in [2.45, 2.75) is 38.7 Å². The topological polar surface area (TPSA) is 132 Å². The lowest BCUT2D eigenvalue weighted by Crippen LogP contribution is -2.60. The van der Waals surface area contributed by atoms with E-state index in [9.17, 15) is 22.8 Å². The first kappa shape index (κ1) is 29.1. The van der Waals surface area contributed by atoms with Gasteiger partial charge in [-0.3, -0.25) is 14.6 Å². The Balaban J connectivity index is 1.86. The quantitative estimate of drug-likeness (QED) is 0.191. The van der Waals surface area contributed by atoms with Crippen molar-refractivity contribution in [1.82, 2.24) is 19.8 Å². The second kappa shape index (κ2) is 11.1. The molecule has 9 nitrogen and oxygen atoms in total. The number of imidazole rings is 1. The molecule has 1 aliphatic heterocycles. The lowest BCUT2D eigenvalue weighted by atomic mass is 10.0. The number of alkyl halides is 3. The molecule has 1 aromatic heterocycles. The molecule has 1 fully saturated rings. The van der Waals surface area contributed by atoms with Crippen LogP contribution in [0.25, 0.3) is 5.57 Å². The van der Waals surface area contributed by atoms with Crippen molar-refractivity contribution >= 4 is 52.1 Å². The van der Waals surface area contributed by atoms with E-state index in [0.717, 1.165) is 12.1 Å². The summed E-state index contributed by atoms with van der Waals surface area (Å²) < 4.78 is 41.2. The van der Waals surface area contributed by atoms with Crippen molar-refractivity contribution < 1.29 is 22.8 Å². The summed E-state index contributed by atoms with van der Waals surface area (Å²) in [6, 6.07) is 1.70. The third-order valence-corrected chi connectivity index (χ3v) is 6.43. The van der Waals surface area contributed by atoms with Crippen LogP contribution in [0.5, 0.6) is 0 Å². The van der Waals surface area contributed by atoms with Gasteiger partial charge in [0, 0.05) is 35.9 Å². The molecule has 14 heteroatoms. The van der Waals surface area contributed by atoms with Crippen LogP contribution in [-0.4, -0.2) is 57.4 Å². The first-order valence-electron chi connectivity index (χ1n) is 11.3. The molecule has 204 valence electrons. The van der Waals surface area contributed by atoms with Crippen LogP contribution < -0.4 is 16.8 Å². The minimum atomic E-state index is -4.71. The Hall–Kier alpha value is -3.51. The number of nitrogens with zero attached hydrogens (tertiary/aromatic N) is 4. The van der Waals surface area contributed by atoms with Gasteiger partial charge in [-0.05, 0) is 32.1 Å². The molecule has 0 unspecified atom stereocenters. The molecule has 1 saturated heterocycles. The maximum atomic E-state index is 13.2. The Bertz CT molecular complexity index is 1330. The fourth-order valence-corrected chi connectivity index (χ4v) is 4.45. The SMILES string of the molecule is C=CC(=O)N1CC(NC(=O)c2c(Cl)nc(CN=C(N)c3cc(C(=C)C(F)(F)F)c(Cl)cc3N)n2C(C)C)C1. The number of nitrogens with one attached hydrogen (secondary N) is 1. The van der Waals surface area contributed by atoms with E-state index in [1.807, 2.05) is 13.8 Å². The van der Waals surface area contributed by atoms with Gasteiger partial charge in [0.15, 0.2) is 5.15 Å². The number of halogens is 5. The van der Waals surface area contributed by atoms with E-state index in [0.29, 0.717) is 18.9 Å². The molecule has 0 aliphatic carbocycles. The van der Waals surface area contributed by atoms with Crippen LogP contribution in [0, 0.1) is 0 Å². The highest BCUT2D eigenvalue weighted by molar-refractivity contribution is 6.33. The number of carbonyl (C=O) groups excluding carboxylic acids is 2. The Morgan fingerprint density at radius 3 is 2.47 bits per heavy atom. The zero-order valence-electron chi connectivity index (χ0n) is 20.6. The second-order valence-corrected chi connectivity index (χ2v) is 9.61. The number of aliphatic imine (C=N–C) groups is 1. The van der Waals surface area contributed by atoms with Gasteiger partial charge in [0.25, 0.3) is 5.91 Å². The zero-order chi connectivity index (χ0) is 28.5. The van der Waals surface area contributed by atoms with Gasteiger partial charge in [-0.1, -0.05) is 36.4 Å². The largest absolute Gasteiger partial charge is 0.416 e. The number of nitrogen functional groups attached to an aromatic ring is 1. The number of carbonyl (C=O) groups is 2. The molecule has 38 heavy (non-hydrogen) atoms. The van der Waals surface area contributed by atoms with Crippen LogP contribution in [0.2, 0.25) is 10.2 Å². The molecule has 0 atom stereocenters. The molecule has 0 spiro atoms. The lowest BCUT2D eigenvalue weighted by Gasteiger charge is -2.38. The number of amidine groups is 1. The highest BCUT2D eigenvalue weighted by atomic mass is 35.5. The number of likely N-dealkylation sites (tertiary alicyclic amines) is 1. The molecule has 2 heterocycles. The Morgan fingerprint density at radius 1 is 1.29 bits per heavy atom. The number of allylic oxidation sites excluding steroid dienone is 1. The first-order valence-corrected chi connectivity index (χ1v) is 12.1. The predicted octanol–water partition coefficient (Wildman–Crippen LogP) is 3.96. The van der Waals surface area contributed by atoms with Gasteiger partial charge in [0.05, 0.1) is 23.2 Å². The average Bonchev–Trinajstić information content (AvgIpc) is 3.14. The normalized spacial score (nSPS) is 14.4. The number of hydrogen-bond acceptors (Lipinski definition) is 5. The molecular weight excluding hydrogens is 546 g/mol. The Kier molecular flexibility index (Phi) is 8.47. The minimum absolute atomic E-state index is 0.0183. The Labute approximate surface area is 227 Å². The second-order valence-electron chi connectivity index (χ2n) is 8.85. The Morgan fingerprint density at radius 2 is 1.92 bits per heavy atom. The summed E-state index contributed by atoms with van der Waals surface area (Å²) in [5, 5.41) is 2.53. The van der Waals surface area contributed by atoms with Crippen LogP contribution in [0.4, 0.5) is 18.9 Å². The molecular formula is C24H26Cl2F3N7O2. The number of amides is 2. The van der Waals surface area contributed by atoms with Crippen LogP contribution in [0.3, 0.4) is 0 Å². The van der Waals surface area contributed by atoms with E-state index in [2.05, 4.69) is 28.5 Å². The van der Waals surface area contributed by atoms with Gasteiger partial charge in [-0.15, -0.1) is 0 Å². The van der Waals surface area contributed by atoms with Gasteiger partial charge in [0.2, 0.25) is 5.91 Å². The predicted molar refractivity (Wildman–Crippen MR) is 141 cm³/mol.